The smallest absolute Gasteiger partial charge is 0.163 e. The first-order valence-electron chi connectivity index (χ1n) is 6.98. The molecule has 0 aromatic heterocycles. The van der Waals surface area contributed by atoms with Gasteiger partial charge in [-0.3, -0.25) is 0 Å². The summed E-state index contributed by atoms with van der Waals surface area (Å²) >= 11 is 0. The zero-order valence-electron chi connectivity index (χ0n) is 12.7. The molecule has 1 N–H and O–H groups in total. The summed E-state index contributed by atoms with van der Waals surface area (Å²) in [4.78, 5) is 0. The number of hydrogen-bond acceptors (Lipinski definition) is 2. The summed E-state index contributed by atoms with van der Waals surface area (Å²) in [5, 5.41) is 9.28. The van der Waals surface area contributed by atoms with Crippen LogP contribution in [0.2, 0.25) is 0 Å². The predicted octanol–water partition coefficient (Wildman–Crippen LogP) is 4.16. The summed E-state index contributed by atoms with van der Waals surface area (Å²) in [5.41, 5.74) is 1.89. The van der Waals surface area contributed by atoms with E-state index in [1.165, 1.54) is 11.1 Å². The lowest BCUT2D eigenvalue weighted by atomic mass is 10.0. The lowest BCUT2D eigenvalue weighted by Gasteiger charge is -2.20. The number of rotatable bonds is 4. The number of hydrogen-bond donors (Lipinski definition) is 1. The first kappa shape index (κ1) is 15.0. The Labute approximate surface area is 126 Å². The summed E-state index contributed by atoms with van der Waals surface area (Å²) in [6, 6.07) is 15.3. The Morgan fingerprint density at radius 2 is 1.48 bits per heavy atom. The van der Waals surface area contributed by atoms with Gasteiger partial charge in [-0.25, -0.2) is 0 Å². The van der Waals surface area contributed by atoms with E-state index in [4.69, 9.17) is 4.74 Å². The van der Waals surface area contributed by atoms with Gasteiger partial charge in [0.15, 0.2) is 5.60 Å². The number of phenols is 1. The average molecular weight is 280 g/mol. The van der Waals surface area contributed by atoms with Gasteiger partial charge in [-0.1, -0.05) is 30.2 Å². The number of aromatic hydroxyl groups is 1. The monoisotopic (exact) mass is 280 g/mol. The third-order valence-electron chi connectivity index (χ3n) is 3.07. The summed E-state index contributed by atoms with van der Waals surface area (Å²) in [7, 11) is 0. The largest absolute Gasteiger partial charge is 0.508 e. The molecule has 0 fully saturated rings. The molecule has 21 heavy (non-hydrogen) atoms. The van der Waals surface area contributed by atoms with Crippen molar-refractivity contribution < 1.29 is 9.84 Å². The van der Waals surface area contributed by atoms with Crippen LogP contribution in [0.15, 0.2) is 48.5 Å². The van der Waals surface area contributed by atoms with E-state index in [0.29, 0.717) is 5.75 Å². The lowest BCUT2D eigenvalue weighted by molar-refractivity contribution is 0.172. The second-order valence-electron chi connectivity index (χ2n) is 5.47. The molecule has 0 unspecified atom stereocenters. The van der Waals surface area contributed by atoms with Gasteiger partial charge >= 0.3 is 0 Å². The van der Waals surface area contributed by atoms with Crippen LogP contribution in [0.25, 0.3) is 0 Å². The third kappa shape index (κ3) is 4.57. The van der Waals surface area contributed by atoms with Gasteiger partial charge in [-0.15, -0.1) is 5.92 Å². The molecule has 0 radical (unpaired) electrons. The summed E-state index contributed by atoms with van der Waals surface area (Å²) in [6.45, 7) is 5.72. The molecule has 0 saturated carbocycles. The molecule has 2 rings (SSSR count). The standard InChI is InChI=1S/C19H20O2/c1-4-13-19(2,3)21-18-11-7-16(8-12-18)14-15-5-9-17(20)10-6-15/h5-12,20H,14H2,1-3H3. The van der Waals surface area contributed by atoms with Crippen molar-refractivity contribution in [3.05, 3.63) is 59.7 Å². The molecule has 2 aromatic carbocycles. The van der Waals surface area contributed by atoms with Crippen molar-refractivity contribution in [2.45, 2.75) is 32.8 Å². The van der Waals surface area contributed by atoms with Gasteiger partial charge in [-0.2, -0.15) is 0 Å². The summed E-state index contributed by atoms with van der Waals surface area (Å²) in [6.07, 6.45) is 0.832. The highest BCUT2D eigenvalue weighted by atomic mass is 16.5. The van der Waals surface area contributed by atoms with E-state index in [1.807, 2.05) is 45.0 Å². The van der Waals surface area contributed by atoms with Crippen molar-refractivity contribution in [1.82, 2.24) is 0 Å². The second kappa shape index (κ2) is 6.37. The molecule has 0 aliphatic carbocycles. The lowest BCUT2D eigenvalue weighted by Crippen LogP contribution is -2.25. The van der Waals surface area contributed by atoms with Crippen LogP contribution in [0.5, 0.6) is 11.5 Å². The SMILES string of the molecule is CC#CC(C)(C)Oc1ccc(Cc2ccc(O)cc2)cc1. The first-order chi connectivity index (χ1) is 9.98. The minimum absolute atomic E-state index is 0.293. The van der Waals surface area contributed by atoms with E-state index in [1.54, 1.807) is 12.1 Å². The van der Waals surface area contributed by atoms with Gasteiger partial charge < -0.3 is 9.84 Å². The van der Waals surface area contributed by atoms with E-state index in [9.17, 15) is 5.11 Å². The van der Waals surface area contributed by atoms with Crippen molar-refractivity contribution in [3.8, 4) is 23.3 Å². The maximum atomic E-state index is 9.28. The van der Waals surface area contributed by atoms with E-state index >= 15 is 0 Å². The van der Waals surface area contributed by atoms with E-state index in [-0.39, 0.29) is 0 Å². The van der Waals surface area contributed by atoms with Gasteiger partial charge in [0.1, 0.15) is 11.5 Å². The Bertz CT molecular complexity index is 641. The normalized spacial score (nSPS) is 10.6. The minimum Gasteiger partial charge on any atom is -0.508 e. The van der Waals surface area contributed by atoms with Crippen molar-refractivity contribution >= 4 is 0 Å². The Morgan fingerprint density at radius 1 is 0.952 bits per heavy atom. The molecule has 0 bridgehead atoms. The van der Waals surface area contributed by atoms with Crippen LogP contribution >= 0.6 is 0 Å². The Balaban J connectivity index is 2.04. The number of phenolic OH excluding ortho intramolecular Hbond substituents is 1. The quantitative estimate of drug-likeness (QED) is 0.852. The Morgan fingerprint density at radius 3 is 2.00 bits per heavy atom. The molecule has 0 spiro atoms. The molecule has 0 aliphatic heterocycles. The van der Waals surface area contributed by atoms with Gasteiger partial charge in [0.2, 0.25) is 0 Å². The molecule has 108 valence electrons. The Hall–Kier alpha value is -2.40. The van der Waals surface area contributed by atoms with Crippen molar-refractivity contribution in [1.29, 1.82) is 0 Å². The molecular formula is C19H20O2. The van der Waals surface area contributed by atoms with Crippen LogP contribution in [0.3, 0.4) is 0 Å². The summed E-state index contributed by atoms with van der Waals surface area (Å²) in [5.74, 6) is 7.03. The van der Waals surface area contributed by atoms with Crippen LogP contribution in [-0.2, 0) is 6.42 Å². The molecule has 2 nitrogen and oxygen atoms in total. The molecule has 0 aliphatic rings. The maximum absolute atomic E-state index is 9.28. The van der Waals surface area contributed by atoms with Crippen molar-refractivity contribution in [2.75, 3.05) is 0 Å². The van der Waals surface area contributed by atoms with Gasteiger partial charge in [0, 0.05) is 0 Å². The van der Waals surface area contributed by atoms with E-state index < -0.39 is 5.60 Å². The fourth-order valence-electron chi connectivity index (χ4n) is 2.15. The van der Waals surface area contributed by atoms with Crippen LogP contribution in [0.1, 0.15) is 31.9 Å². The van der Waals surface area contributed by atoms with Crippen molar-refractivity contribution in [2.24, 2.45) is 0 Å². The highest BCUT2D eigenvalue weighted by molar-refractivity contribution is 5.34. The molecule has 0 saturated heterocycles. The van der Waals surface area contributed by atoms with E-state index in [2.05, 4.69) is 24.0 Å². The fourth-order valence-corrected chi connectivity index (χ4v) is 2.15. The molecule has 2 heteroatoms. The third-order valence-corrected chi connectivity index (χ3v) is 3.07. The topological polar surface area (TPSA) is 29.5 Å². The minimum atomic E-state index is -0.479. The summed E-state index contributed by atoms with van der Waals surface area (Å²) < 4.78 is 5.86. The predicted molar refractivity (Wildman–Crippen MR) is 85.5 cm³/mol. The molecule has 0 heterocycles. The van der Waals surface area contributed by atoms with E-state index in [0.717, 1.165) is 12.2 Å². The number of ether oxygens (including phenoxy) is 1. The van der Waals surface area contributed by atoms with Gasteiger partial charge in [0.25, 0.3) is 0 Å². The maximum Gasteiger partial charge on any atom is 0.163 e. The molecule has 0 amide bonds. The van der Waals surface area contributed by atoms with Crippen LogP contribution in [0, 0.1) is 11.8 Å². The zero-order chi connectivity index (χ0) is 15.3. The molecule has 2 aromatic rings. The first-order valence-corrected chi connectivity index (χ1v) is 6.98. The average Bonchev–Trinajstić information content (AvgIpc) is 2.43. The zero-order valence-corrected chi connectivity index (χ0v) is 12.7. The van der Waals surface area contributed by atoms with Crippen molar-refractivity contribution in [3.63, 3.8) is 0 Å². The molecule has 0 atom stereocenters. The van der Waals surface area contributed by atoms with Crippen LogP contribution < -0.4 is 4.74 Å². The van der Waals surface area contributed by atoms with Crippen LogP contribution in [-0.4, -0.2) is 10.7 Å². The molecular weight excluding hydrogens is 260 g/mol. The van der Waals surface area contributed by atoms with Crippen LogP contribution in [0.4, 0.5) is 0 Å². The fraction of sp³-hybridized carbons (Fsp3) is 0.263. The Kier molecular flexibility index (Phi) is 4.55. The second-order valence-corrected chi connectivity index (χ2v) is 5.47. The highest BCUT2D eigenvalue weighted by Crippen LogP contribution is 2.20. The van der Waals surface area contributed by atoms with Gasteiger partial charge in [-0.05, 0) is 62.6 Å². The number of benzene rings is 2. The highest BCUT2D eigenvalue weighted by Gasteiger charge is 2.15. The van der Waals surface area contributed by atoms with Gasteiger partial charge in [0.05, 0.1) is 0 Å².